The molecule has 0 spiro atoms. The highest BCUT2D eigenvalue weighted by atomic mass is 32.2. The average molecular weight is 414 g/mol. The minimum atomic E-state index is -0.0232. The molecular formula is C23H31N3O2S. The van der Waals surface area contributed by atoms with E-state index in [1.807, 2.05) is 23.1 Å². The Balaban J connectivity index is 1.65. The van der Waals surface area contributed by atoms with Crippen molar-refractivity contribution >= 4 is 28.4 Å². The van der Waals surface area contributed by atoms with Crippen molar-refractivity contribution < 1.29 is 9.59 Å². The minimum absolute atomic E-state index is 0.00614. The monoisotopic (exact) mass is 413 g/mol. The van der Waals surface area contributed by atoms with E-state index in [1.54, 1.807) is 19.9 Å². The van der Waals surface area contributed by atoms with Crippen LogP contribution in [0.1, 0.15) is 55.5 Å². The first-order valence-corrected chi connectivity index (χ1v) is 11.2. The Morgan fingerprint density at radius 1 is 1.07 bits per heavy atom. The fraction of sp³-hybridized carbons (Fsp3) is 0.478. The van der Waals surface area contributed by atoms with Crippen LogP contribution >= 0.6 is 11.8 Å². The predicted octanol–water partition coefficient (Wildman–Crippen LogP) is 3.87. The average Bonchev–Trinajstić information content (AvgIpc) is 3.26. The molecule has 0 radical (unpaired) electrons. The topological polar surface area (TPSA) is 66.6 Å². The van der Waals surface area contributed by atoms with E-state index in [2.05, 4.69) is 11.5 Å². The minimum Gasteiger partial charge on any atom is -0.401 e. The number of hydrogen-bond acceptors (Lipinski definition) is 5. The zero-order valence-electron chi connectivity index (χ0n) is 17.4. The Bertz CT molecular complexity index is 815. The van der Waals surface area contributed by atoms with Crippen LogP contribution in [0.25, 0.3) is 4.91 Å². The normalized spacial score (nSPS) is 19.2. The van der Waals surface area contributed by atoms with Gasteiger partial charge in [-0.15, -0.1) is 0 Å². The number of amides is 1. The van der Waals surface area contributed by atoms with E-state index in [0.717, 1.165) is 31.7 Å². The number of ketones is 1. The van der Waals surface area contributed by atoms with E-state index in [4.69, 9.17) is 5.73 Å². The summed E-state index contributed by atoms with van der Waals surface area (Å²) in [7, 11) is 0. The second-order valence-electron chi connectivity index (χ2n) is 7.94. The molecule has 6 heteroatoms. The molecule has 1 aromatic carbocycles. The lowest BCUT2D eigenvalue weighted by Crippen LogP contribution is -2.51. The van der Waals surface area contributed by atoms with E-state index in [0.29, 0.717) is 27.1 Å². The van der Waals surface area contributed by atoms with Gasteiger partial charge in [0.15, 0.2) is 5.78 Å². The first-order chi connectivity index (χ1) is 13.9. The quantitative estimate of drug-likeness (QED) is 0.566. The summed E-state index contributed by atoms with van der Waals surface area (Å²) < 4.78 is 0. The van der Waals surface area contributed by atoms with Crippen molar-refractivity contribution in [1.82, 2.24) is 9.80 Å². The first kappa shape index (κ1) is 21.7. The summed E-state index contributed by atoms with van der Waals surface area (Å²) >= 11 is 1.30. The van der Waals surface area contributed by atoms with Gasteiger partial charge < -0.3 is 10.6 Å². The number of rotatable bonds is 6. The summed E-state index contributed by atoms with van der Waals surface area (Å²) in [4.78, 5) is 30.5. The Morgan fingerprint density at radius 2 is 1.69 bits per heavy atom. The molecule has 0 atom stereocenters. The maximum atomic E-state index is 13.2. The third-order valence-electron chi connectivity index (χ3n) is 5.81. The molecule has 1 saturated heterocycles. The van der Waals surface area contributed by atoms with Crippen molar-refractivity contribution in [1.29, 1.82) is 0 Å². The van der Waals surface area contributed by atoms with Crippen LogP contribution in [0.4, 0.5) is 0 Å². The molecular weight excluding hydrogens is 382 g/mol. The van der Waals surface area contributed by atoms with E-state index >= 15 is 0 Å². The number of thioether (sulfide) groups is 1. The Kier molecular flexibility index (Phi) is 7.19. The number of carbonyl (C=O) groups excluding carboxylic acids is 2. The van der Waals surface area contributed by atoms with Crippen LogP contribution in [0, 0.1) is 0 Å². The van der Waals surface area contributed by atoms with Crippen molar-refractivity contribution in [2.75, 3.05) is 26.2 Å². The van der Waals surface area contributed by atoms with E-state index in [1.165, 1.54) is 37.4 Å². The second kappa shape index (κ2) is 9.63. The van der Waals surface area contributed by atoms with Gasteiger partial charge in [0.1, 0.15) is 0 Å². The second-order valence-corrected chi connectivity index (χ2v) is 9.05. The Morgan fingerprint density at radius 3 is 2.28 bits per heavy atom. The molecule has 3 rings (SSSR count). The fourth-order valence-electron chi connectivity index (χ4n) is 4.09. The molecule has 1 aliphatic heterocycles. The van der Waals surface area contributed by atoms with Gasteiger partial charge in [-0.25, -0.2) is 0 Å². The predicted molar refractivity (Wildman–Crippen MR) is 120 cm³/mol. The number of hydrogen-bond donors (Lipinski definition) is 1. The summed E-state index contributed by atoms with van der Waals surface area (Å²) in [6.07, 6.45) is 5.23. The Labute approximate surface area is 178 Å². The molecule has 29 heavy (non-hydrogen) atoms. The maximum absolute atomic E-state index is 13.2. The molecule has 1 saturated carbocycles. The van der Waals surface area contributed by atoms with Crippen molar-refractivity contribution in [2.45, 2.75) is 45.6 Å². The molecule has 1 aromatic rings. The smallest absolute Gasteiger partial charge is 0.262 e. The third kappa shape index (κ3) is 5.31. The lowest BCUT2D eigenvalue weighted by atomic mass is 10.1. The lowest BCUT2D eigenvalue weighted by molar-refractivity contribution is -0.128. The fourth-order valence-corrected chi connectivity index (χ4v) is 4.96. The van der Waals surface area contributed by atoms with Crippen molar-refractivity contribution in [2.24, 2.45) is 5.73 Å². The van der Waals surface area contributed by atoms with Crippen LogP contribution in [0.5, 0.6) is 0 Å². The number of allylic oxidation sites excluding steroid dienone is 1. The number of benzene rings is 1. The zero-order valence-corrected chi connectivity index (χ0v) is 18.3. The van der Waals surface area contributed by atoms with Crippen molar-refractivity contribution in [3.8, 4) is 0 Å². The highest BCUT2D eigenvalue weighted by Crippen LogP contribution is 2.35. The Hall–Kier alpha value is -2.05. The molecule has 0 unspecified atom stereocenters. The van der Waals surface area contributed by atoms with Crippen LogP contribution in [-0.4, -0.2) is 53.7 Å². The highest BCUT2D eigenvalue weighted by Gasteiger charge is 2.29. The van der Waals surface area contributed by atoms with E-state index in [-0.39, 0.29) is 11.7 Å². The molecule has 0 bridgehead atoms. The number of nitrogens with two attached hydrogens (primary N) is 1. The molecule has 2 N–H and O–H groups in total. The molecule has 0 aromatic heterocycles. The first-order valence-electron chi connectivity index (χ1n) is 10.3. The molecule has 5 nitrogen and oxygen atoms in total. The highest BCUT2D eigenvalue weighted by molar-refractivity contribution is 8.12. The standard InChI is InChI=1S/C23H31N3O2S/c1-16(24)22(29-18(3)20-8-6-7-19(15-20)17(2)27)23(28)26-13-11-25(12-14-26)21-9-4-5-10-21/h6-8,15,21H,3-5,9-14,24H2,1-2H3/b22-16-. The summed E-state index contributed by atoms with van der Waals surface area (Å²) in [6, 6.07) is 8.02. The summed E-state index contributed by atoms with van der Waals surface area (Å²) in [5.74, 6) is -0.0171. The molecule has 1 heterocycles. The van der Waals surface area contributed by atoms with Crippen LogP contribution in [0.2, 0.25) is 0 Å². The van der Waals surface area contributed by atoms with Gasteiger partial charge in [-0.05, 0) is 38.3 Å². The molecule has 156 valence electrons. The van der Waals surface area contributed by atoms with Crippen molar-refractivity contribution in [3.05, 3.63) is 52.6 Å². The summed E-state index contributed by atoms with van der Waals surface area (Å²) in [5.41, 5.74) is 8.05. The van der Waals surface area contributed by atoms with E-state index in [9.17, 15) is 9.59 Å². The summed E-state index contributed by atoms with van der Waals surface area (Å²) in [6.45, 7) is 10.8. The third-order valence-corrected chi connectivity index (χ3v) is 6.99. The number of nitrogens with zero attached hydrogens (tertiary/aromatic N) is 2. The number of Topliss-reactive ketones (excluding diaryl/α,β-unsaturated/α-hetero) is 1. The molecule has 1 aliphatic carbocycles. The van der Waals surface area contributed by atoms with Gasteiger partial charge >= 0.3 is 0 Å². The van der Waals surface area contributed by atoms with E-state index < -0.39 is 0 Å². The SMILES string of the molecule is C=C(S/C(C(=O)N1CCN(C2CCCC2)CC1)=C(/C)N)c1cccc(C(C)=O)c1. The zero-order chi connectivity index (χ0) is 21.0. The van der Waals surface area contributed by atoms with Gasteiger partial charge in [0, 0.05) is 48.4 Å². The van der Waals surface area contributed by atoms with Gasteiger partial charge in [-0.1, -0.05) is 49.4 Å². The van der Waals surface area contributed by atoms with Crippen molar-refractivity contribution in [3.63, 3.8) is 0 Å². The number of carbonyl (C=O) groups is 2. The summed E-state index contributed by atoms with van der Waals surface area (Å²) in [5, 5.41) is 0. The molecule has 1 amide bonds. The molecule has 2 fully saturated rings. The van der Waals surface area contributed by atoms with Crippen LogP contribution < -0.4 is 5.73 Å². The van der Waals surface area contributed by atoms with Crippen LogP contribution in [-0.2, 0) is 4.79 Å². The van der Waals surface area contributed by atoms with Gasteiger partial charge in [-0.2, -0.15) is 0 Å². The maximum Gasteiger partial charge on any atom is 0.262 e. The number of piperazine rings is 1. The molecule has 2 aliphatic rings. The lowest BCUT2D eigenvalue weighted by Gasteiger charge is -2.38. The van der Waals surface area contributed by atoms with Gasteiger partial charge in [0.25, 0.3) is 5.91 Å². The van der Waals surface area contributed by atoms with Gasteiger partial charge in [-0.3, -0.25) is 14.5 Å². The van der Waals surface area contributed by atoms with Crippen LogP contribution in [0.15, 0.2) is 41.4 Å². The van der Waals surface area contributed by atoms with Gasteiger partial charge in [0.05, 0.1) is 4.91 Å². The van der Waals surface area contributed by atoms with Gasteiger partial charge in [0.2, 0.25) is 0 Å². The largest absolute Gasteiger partial charge is 0.401 e. The van der Waals surface area contributed by atoms with Crippen LogP contribution in [0.3, 0.4) is 0 Å².